The fourth-order valence-electron chi connectivity index (χ4n) is 3.60. The molecule has 1 atom stereocenters. The average molecular weight is 347 g/mol. The summed E-state index contributed by atoms with van der Waals surface area (Å²) >= 11 is 0. The number of hydrogen-bond donors (Lipinski definition) is 1. The number of primary amides is 1. The number of carbonyl (C=O) groups is 2. The van der Waals surface area contributed by atoms with Gasteiger partial charge in [-0.2, -0.15) is 0 Å². The van der Waals surface area contributed by atoms with Crippen molar-refractivity contribution >= 4 is 11.8 Å². The van der Waals surface area contributed by atoms with E-state index in [4.69, 9.17) is 15.2 Å². The molecule has 0 spiro atoms. The highest BCUT2D eigenvalue weighted by atomic mass is 16.5. The van der Waals surface area contributed by atoms with Crippen LogP contribution in [0.3, 0.4) is 0 Å². The minimum absolute atomic E-state index is 0.0885. The molecule has 0 unspecified atom stereocenters. The van der Waals surface area contributed by atoms with Crippen LogP contribution in [0.25, 0.3) is 0 Å². The summed E-state index contributed by atoms with van der Waals surface area (Å²) in [5.74, 6) is 1.08. The van der Waals surface area contributed by atoms with Crippen molar-refractivity contribution in [2.45, 2.75) is 19.4 Å². The van der Waals surface area contributed by atoms with E-state index in [9.17, 15) is 9.59 Å². The monoisotopic (exact) mass is 347 g/mol. The second-order valence-electron chi connectivity index (χ2n) is 6.66. The van der Waals surface area contributed by atoms with Crippen LogP contribution in [0.4, 0.5) is 0 Å². The molecule has 7 nitrogen and oxygen atoms in total. The zero-order valence-corrected chi connectivity index (χ0v) is 14.8. The van der Waals surface area contributed by atoms with Gasteiger partial charge in [-0.05, 0) is 42.6 Å². The third-order valence-corrected chi connectivity index (χ3v) is 5.10. The van der Waals surface area contributed by atoms with Crippen LogP contribution in [0.15, 0.2) is 12.1 Å². The van der Waals surface area contributed by atoms with Gasteiger partial charge in [-0.15, -0.1) is 0 Å². The Morgan fingerprint density at radius 1 is 1.16 bits per heavy atom. The molecule has 2 amide bonds. The molecule has 1 fully saturated rings. The SMILES string of the molecule is COc1cc2c(cc1OC)CN(C(=O)CN1CC[C@@H](C(N)=O)C1)CC2. The smallest absolute Gasteiger partial charge is 0.237 e. The Morgan fingerprint density at radius 2 is 1.84 bits per heavy atom. The summed E-state index contributed by atoms with van der Waals surface area (Å²) in [6.07, 6.45) is 1.54. The molecule has 0 saturated carbocycles. The summed E-state index contributed by atoms with van der Waals surface area (Å²) in [7, 11) is 3.23. The summed E-state index contributed by atoms with van der Waals surface area (Å²) in [5, 5.41) is 0. The molecule has 2 N–H and O–H groups in total. The van der Waals surface area contributed by atoms with Gasteiger partial charge >= 0.3 is 0 Å². The van der Waals surface area contributed by atoms with Crippen LogP contribution in [-0.4, -0.2) is 62.0 Å². The van der Waals surface area contributed by atoms with Gasteiger partial charge in [-0.1, -0.05) is 0 Å². The van der Waals surface area contributed by atoms with Crippen LogP contribution in [0.2, 0.25) is 0 Å². The maximum atomic E-state index is 12.6. The van der Waals surface area contributed by atoms with Crippen molar-refractivity contribution in [1.82, 2.24) is 9.80 Å². The maximum absolute atomic E-state index is 12.6. The van der Waals surface area contributed by atoms with Crippen molar-refractivity contribution in [3.8, 4) is 11.5 Å². The van der Waals surface area contributed by atoms with Crippen molar-refractivity contribution < 1.29 is 19.1 Å². The molecule has 136 valence electrons. The number of benzene rings is 1. The van der Waals surface area contributed by atoms with Crippen molar-refractivity contribution in [3.63, 3.8) is 0 Å². The highest BCUT2D eigenvalue weighted by Crippen LogP contribution is 2.33. The van der Waals surface area contributed by atoms with E-state index in [1.165, 1.54) is 5.56 Å². The lowest BCUT2D eigenvalue weighted by molar-refractivity contribution is -0.133. The number of hydrogen-bond acceptors (Lipinski definition) is 5. The molecular formula is C18H25N3O4. The molecular weight excluding hydrogens is 322 g/mol. The highest BCUT2D eigenvalue weighted by molar-refractivity contribution is 5.80. The zero-order chi connectivity index (χ0) is 18.0. The molecule has 2 aliphatic heterocycles. The van der Waals surface area contributed by atoms with E-state index in [0.29, 0.717) is 31.9 Å². The van der Waals surface area contributed by atoms with Crippen LogP contribution in [0, 0.1) is 5.92 Å². The van der Waals surface area contributed by atoms with Gasteiger partial charge in [0.25, 0.3) is 0 Å². The normalized spacial score (nSPS) is 20.2. The molecule has 0 aromatic heterocycles. The number of rotatable bonds is 5. The quantitative estimate of drug-likeness (QED) is 0.833. The molecule has 7 heteroatoms. The number of nitrogens with two attached hydrogens (primary N) is 1. The Hall–Kier alpha value is -2.28. The third kappa shape index (κ3) is 3.71. The number of likely N-dealkylation sites (tertiary alicyclic amines) is 1. The Kier molecular flexibility index (Phi) is 5.13. The fourth-order valence-corrected chi connectivity index (χ4v) is 3.60. The molecule has 2 heterocycles. The highest BCUT2D eigenvalue weighted by Gasteiger charge is 2.30. The van der Waals surface area contributed by atoms with E-state index in [2.05, 4.69) is 0 Å². The number of carbonyl (C=O) groups excluding carboxylic acids is 2. The second kappa shape index (κ2) is 7.31. The number of amides is 2. The van der Waals surface area contributed by atoms with Crippen molar-refractivity contribution in [1.29, 1.82) is 0 Å². The van der Waals surface area contributed by atoms with E-state index < -0.39 is 0 Å². The Labute approximate surface area is 147 Å². The number of nitrogens with zero attached hydrogens (tertiary/aromatic N) is 2. The van der Waals surface area contributed by atoms with E-state index in [1.54, 1.807) is 14.2 Å². The van der Waals surface area contributed by atoms with E-state index in [1.807, 2.05) is 21.9 Å². The Morgan fingerprint density at radius 3 is 2.44 bits per heavy atom. The summed E-state index contributed by atoms with van der Waals surface area (Å²) in [4.78, 5) is 27.8. The molecule has 0 bridgehead atoms. The number of fused-ring (bicyclic) bond motifs is 1. The van der Waals surface area contributed by atoms with Crippen LogP contribution >= 0.6 is 0 Å². The lowest BCUT2D eigenvalue weighted by Gasteiger charge is -2.31. The molecule has 1 aromatic carbocycles. The lowest BCUT2D eigenvalue weighted by atomic mass is 9.98. The van der Waals surface area contributed by atoms with Crippen LogP contribution in [0.5, 0.6) is 11.5 Å². The maximum Gasteiger partial charge on any atom is 0.237 e. The van der Waals surface area contributed by atoms with E-state index in [0.717, 1.165) is 30.7 Å². The second-order valence-corrected chi connectivity index (χ2v) is 6.66. The molecule has 0 radical (unpaired) electrons. The first-order valence-electron chi connectivity index (χ1n) is 8.55. The predicted molar refractivity (Wildman–Crippen MR) is 92.4 cm³/mol. The predicted octanol–water partition coefficient (Wildman–Crippen LogP) is 0.396. The van der Waals surface area contributed by atoms with E-state index >= 15 is 0 Å². The average Bonchev–Trinajstić information content (AvgIpc) is 3.08. The van der Waals surface area contributed by atoms with Gasteiger partial charge in [-0.3, -0.25) is 14.5 Å². The number of methoxy groups -OCH3 is 2. The third-order valence-electron chi connectivity index (χ3n) is 5.10. The zero-order valence-electron chi connectivity index (χ0n) is 14.8. The molecule has 2 aliphatic rings. The summed E-state index contributed by atoms with van der Waals surface area (Å²) in [6.45, 7) is 2.92. The van der Waals surface area contributed by atoms with Crippen molar-refractivity contribution in [3.05, 3.63) is 23.3 Å². The fraction of sp³-hybridized carbons (Fsp3) is 0.556. The first-order valence-corrected chi connectivity index (χ1v) is 8.55. The van der Waals surface area contributed by atoms with Gasteiger partial charge in [0.15, 0.2) is 11.5 Å². The van der Waals surface area contributed by atoms with Gasteiger partial charge in [0.2, 0.25) is 11.8 Å². The summed E-state index contributed by atoms with van der Waals surface area (Å²) in [6, 6.07) is 3.94. The summed E-state index contributed by atoms with van der Waals surface area (Å²) in [5.41, 5.74) is 7.64. The standard InChI is InChI=1S/C18H25N3O4/c1-24-15-7-12-4-6-21(10-14(12)8-16(15)25-2)17(22)11-20-5-3-13(9-20)18(19)23/h7-8,13H,3-6,9-11H2,1-2H3,(H2,19,23)/t13-/m1/s1. The molecule has 3 rings (SSSR count). The van der Waals surface area contributed by atoms with Crippen LogP contribution in [-0.2, 0) is 22.6 Å². The van der Waals surface area contributed by atoms with Gasteiger partial charge in [0, 0.05) is 19.6 Å². The van der Waals surface area contributed by atoms with Crippen molar-refractivity contribution in [2.24, 2.45) is 11.7 Å². The first kappa shape index (κ1) is 17.5. The van der Waals surface area contributed by atoms with Gasteiger partial charge < -0.3 is 20.1 Å². The number of ether oxygens (including phenoxy) is 2. The Bertz CT molecular complexity index is 677. The minimum atomic E-state index is -0.275. The van der Waals surface area contributed by atoms with Crippen LogP contribution in [0.1, 0.15) is 17.5 Å². The largest absolute Gasteiger partial charge is 0.493 e. The van der Waals surface area contributed by atoms with Gasteiger partial charge in [0.1, 0.15) is 0 Å². The topological polar surface area (TPSA) is 85.1 Å². The summed E-state index contributed by atoms with van der Waals surface area (Å²) < 4.78 is 10.7. The van der Waals surface area contributed by atoms with Crippen molar-refractivity contribution in [2.75, 3.05) is 40.4 Å². The molecule has 25 heavy (non-hydrogen) atoms. The molecule has 1 aromatic rings. The first-order chi connectivity index (χ1) is 12.0. The molecule has 1 saturated heterocycles. The van der Waals surface area contributed by atoms with Gasteiger partial charge in [0.05, 0.1) is 26.7 Å². The minimum Gasteiger partial charge on any atom is -0.493 e. The van der Waals surface area contributed by atoms with Gasteiger partial charge in [-0.25, -0.2) is 0 Å². The molecule has 0 aliphatic carbocycles. The lowest BCUT2D eigenvalue weighted by Crippen LogP contribution is -2.42. The van der Waals surface area contributed by atoms with E-state index in [-0.39, 0.29) is 17.7 Å². The van der Waals surface area contributed by atoms with Crippen LogP contribution < -0.4 is 15.2 Å². The Balaban J connectivity index is 1.64.